The zero-order valence-electron chi connectivity index (χ0n) is 12.8. The largest absolute Gasteiger partial charge is 0.352 e. The highest BCUT2D eigenvalue weighted by Gasteiger charge is 2.16. The predicted octanol–water partition coefficient (Wildman–Crippen LogP) is 2.71. The lowest BCUT2D eigenvalue weighted by Gasteiger charge is -2.23. The number of piperidine rings is 1. The number of amides is 1. The minimum absolute atomic E-state index is 0.0380. The van der Waals surface area contributed by atoms with Crippen LogP contribution in [0.2, 0.25) is 0 Å². The second-order valence-electron chi connectivity index (χ2n) is 6.75. The Morgan fingerprint density at radius 1 is 1.30 bits per heavy atom. The second-order valence-corrected chi connectivity index (χ2v) is 6.75. The molecule has 2 rings (SSSR count). The molecule has 1 aromatic carbocycles. The van der Waals surface area contributed by atoms with Crippen LogP contribution in [0.4, 0.5) is 0 Å². The number of rotatable bonds is 3. The molecule has 20 heavy (non-hydrogen) atoms. The molecule has 0 aromatic heterocycles. The first-order chi connectivity index (χ1) is 9.47. The summed E-state index contributed by atoms with van der Waals surface area (Å²) in [6, 6.07) is 7.96. The summed E-state index contributed by atoms with van der Waals surface area (Å²) >= 11 is 0. The topological polar surface area (TPSA) is 41.1 Å². The van der Waals surface area contributed by atoms with Crippen LogP contribution in [0.25, 0.3) is 0 Å². The molecule has 1 aliphatic heterocycles. The second kappa shape index (κ2) is 6.40. The fourth-order valence-corrected chi connectivity index (χ4v) is 2.56. The molecule has 3 nitrogen and oxygen atoms in total. The maximum Gasteiger partial charge on any atom is 0.251 e. The van der Waals surface area contributed by atoms with E-state index in [1.165, 1.54) is 18.4 Å². The van der Waals surface area contributed by atoms with E-state index >= 15 is 0 Å². The Labute approximate surface area is 122 Å². The van der Waals surface area contributed by atoms with E-state index in [1.54, 1.807) is 0 Å². The molecule has 1 aliphatic rings. The first-order valence-electron chi connectivity index (χ1n) is 7.56. The Morgan fingerprint density at radius 2 is 2.00 bits per heavy atom. The van der Waals surface area contributed by atoms with Gasteiger partial charge in [0.2, 0.25) is 0 Å². The van der Waals surface area contributed by atoms with Gasteiger partial charge in [0.1, 0.15) is 0 Å². The van der Waals surface area contributed by atoms with Crippen molar-refractivity contribution in [3.05, 3.63) is 35.4 Å². The summed E-state index contributed by atoms with van der Waals surface area (Å²) in [5.41, 5.74) is 2.13. The third kappa shape index (κ3) is 4.07. The van der Waals surface area contributed by atoms with Crippen LogP contribution in [0.15, 0.2) is 24.3 Å². The van der Waals surface area contributed by atoms with Crippen molar-refractivity contribution in [3.8, 4) is 0 Å². The number of carbonyl (C=O) groups is 1. The summed E-state index contributed by atoms with van der Waals surface area (Å²) in [5, 5.41) is 6.42. The molecule has 3 heteroatoms. The SMILES string of the molecule is CC(C)(C)c1ccc(C(=O)NC[C@H]2CCCNC2)cc1. The van der Waals surface area contributed by atoms with Crippen LogP contribution in [0.5, 0.6) is 0 Å². The van der Waals surface area contributed by atoms with E-state index in [1.807, 2.05) is 12.1 Å². The Hall–Kier alpha value is -1.35. The van der Waals surface area contributed by atoms with Gasteiger partial charge in [0.15, 0.2) is 0 Å². The molecule has 0 saturated carbocycles. The van der Waals surface area contributed by atoms with Crippen LogP contribution >= 0.6 is 0 Å². The van der Waals surface area contributed by atoms with Gasteiger partial charge >= 0.3 is 0 Å². The fourth-order valence-electron chi connectivity index (χ4n) is 2.56. The van der Waals surface area contributed by atoms with E-state index in [0.717, 1.165) is 25.2 Å². The number of hydrogen-bond acceptors (Lipinski definition) is 2. The van der Waals surface area contributed by atoms with Gasteiger partial charge in [-0.2, -0.15) is 0 Å². The lowest BCUT2D eigenvalue weighted by atomic mass is 9.86. The van der Waals surface area contributed by atoms with Gasteiger partial charge < -0.3 is 10.6 Å². The number of hydrogen-bond donors (Lipinski definition) is 2. The molecule has 0 spiro atoms. The Kier molecular flexibility index (Phi) is 4.81. The molecule has 0 radical (unpaired) electrons. The molecular formula is C17H26N2O. The minimum Gasteiger partial charge on any atom is -0.352 e. The normalized spacial score (nSPS) is 19.6. The summed E-state index contributed by atoms with van der Waals surface area (Å²) < 4.78 is 0. The van der Waals surface area contributed by atoms with Crippen molar-refractivity contribution < 1.29 is 4.79 Å². The average molecular weight is 274 g/mol. The van der Waals surface area contributed by atoms with Crippen molar-refractivity contribution in [1.29, 1.82) is 0 Å². The lowest BCUT2D eigenvalue weighted by molar-refractivity contribution is 0.0945. The highest BCUT2D eigenvalue weighted by molar-refractivity contribution is 5.94. The van der Waals surface area contributed by atoms with Crippen LogP contribution in [-0.2, 0) is 5.41 Å². The van der Waals surface area contributed by atoms with Gasteiger partial charge in [-0.1, -0.05) is 32.9 Å². The highest BCUT2D eigenvalue weighted by Crippen LogP contribution is 2.22. The summed E-state index contributed by atoms with van der Waals surface area (Å²) in [5.74, 6) is 0.609. The van der Waals surface area contributed by atoms with Crippen LogP contribution in [0, 0.1) is 5.92 Å². The van der Waals surface area contributed by atoms with Crippen molar-refractivity contribution in [2.75, 3.05) is 19.6 Å². The lowest BCUT2D eigenvalue weighted by Crippen LogP contribution is -2.38. The van der Waals surface area contributed by atoms with Crippen LogP contribution < -0.4 is 10.6 Å². The van der Waals surface area contributed by atoms with Gasteiger partial charge in [0, 0.05) is 12.1 Å². The summed E-state index contributed by atoms with van der Waals surface area (Å²) in [7, 11) is 0. The number of benzene rings is 1. The average Bonchev–Trinajstić information content (AvgIpc) is 2.45. The Balaban J connectivity index is 1.89. The van der Waals surface area contributed by atoms with Gasteiger partial charge in [-0.15, -0.1) is 0 Å². The maximum absolute atomic E-state index is 12.1. The smallest absolute Gasteiger partial charge is 0.251 e. The van der Waals surface area contributed by atoms with E-state index in [2.05, 4.69) is 43.5 Å². The monoisotopic (exact) mass is 274 g/mol. The Morgan fingerprint density at radius 3 is 2.55 bits per heavy atom. The van der Waals surface area contributed by atoms with Gasteiger partial charge in [0.25, 0.3) is 5.91 Å². The minimum atomic E-state index is 0.0380. The first kappa shape index (κ1) is 15.0. The molecule has 0 bridgehead atoms. The zero-order chi connectivity index (χ0) is 14.6. The molecule has 1 saturated heterocycles. The molecule has 0 aliphatic carbocycles. The summed E-state index contributed by atoms with van der Waals surface area (Å²) in [6.45, 7) is 9.43. The molecule has 1 atom stereocenters. The van der Waals surface area contributed by atoms with Crippen molar-refractivity contribution >= 4 is 5.91 Å². The van der Waals surface area contributed by atoms with Crippen LogP contribution in [-0.4, -0.2) is 25.5 Å². The molecule has 2 N–H and O–H groups in total. The van der Waals surface area contributed by atoms with Crippen molar-refractivity contribution in [3.63, 3.8) is 0 Å². The van der Waals surface area contributed by atoms with E-state index in [0.29, 0.717) is 5.92 Å². The third-order valence-corrected chi connectivity index (χ3v) is 3.96. The summed E-state index contributed by atoms with van der Waals surface area (Å²) in [6.07, 6.45) is 2.41. The fraction of sp³-hybridized carbons (Fsp3) is 0.588. The summed E-state index contributed by atoms with van der Waals surface area (Å²) in [4.78, 5) is 12.1. The van der Waals surface area contributed by atoms with Crippen molar-refractivity contribution in [1.82, 2.24) is 10.6 Å². The zero-order valence-corrected chi connectivity index (χ0v) is 12.8. The molecule has 1 aromatic rings. The molecule has 1 fully saturated rings. The molecule has 1 amide bonds. The van der Waals surface area contributed by atoms with Gasteiger partial charge in [-0.25, -0.2) is 0 Å². The third-order valence-electron chi connectivity index (χ3n) is 3.96. The number of carbonyl (C=O) groups excluding carboxylic acids is 1. The quantitative estimate of drug-likeness (QED) is 0.890. The number of nitrogens with one attached hydrogen (secondary N) is 2. The van der Waals surface area contributed by atoms with E-state index in [4.69, 9.17) is 0 Å². The predicted molar refractivity (Wildman–Crippen MR) is 83.1 cm³/mol. The molecule has 1 heterocycles. The highest BCUT2D eigenvalue weighted by atomic mass is 16.1. The van der Waals surface area contributed by atoms with Gasteiger partial charge in [0.05, 0.1) is 0 Å². The first-order valence-corrected chi connectivity index (χ1v) is 7.56. The van der Waals surface area contributed by atoms with E-state index in [-0.39, 0.29) is 11.3 Å². The van der Waals surface area contributed by atoms with E-state index in [9.17, 15) is 4.79 Å². The van der Waals surface area contributed by atoms with Crippen LogP contribution in [0.3, 0.4) is 0 Å². The van der Waals surface area contributed by atoms with Gasteiger partial charge in [-0.05, 0) is 55.0 Å². The molecular weight excluding hydrogens is 248 g/mol. The van der Waals surface area contributed by atoms with Crippen molar-refractivity contribution in [2.24, 2.45) is 5.92 Å². The van der Waals surface area contributed by atoms with Crippen LogP contribution in [0.1, 0.15) is 49.5 Å². The standard InChI is InChI=1S/C17H26N2O/c1-17(2,3)15-8-6-14(7-9-15)16(20)19-12-13-5-4-10-18-11-13/h6-9,13,18H,4-5,10-12H2,1-3H3,(H,19,20)/t13-/m0/s1. The van der Waals surface area contributed by atoms with Gasteiger partial charge in [-0.3, -0.25) is 4.79 Å². The molecule has 110 valence electrons. The Bertz CT molecular complexity index is 439. The van der Waals surface area contributed by atoms with E-state index < -0.39 is 0 Å². The van der Waals surface area contributed by atoms with Crippen molar-refractivity contribution in [2.45, 2.75) is 39.0 Å². The molecule has 0 unspecified atom stereocenters. The maximum atomic E-state index is 12.1.